The smallest absolute Gasteiger partial charge is 0.475 e. The van der Waals surface area contributed by atoms with E-state index in [-0.39, 0.29) is 5.60 Å². The van der Waals surface area contributed by atoms with Gasteiger partial charge in [0.15, 0.2) is 0 Å². The highest BCUT2D eigenvalue weighted by molar-refractivity contribution is 5.73. The molecule has 0 aromatic heterocycles. The van der Waals surface area contributed by atoms with Gasteiger partial charge in [0.2, 0.25) is 0 Å². The molecule has 0 saturated carbocycles. The molecule has 0 aliphatic carbocycles. The molecular weight excluding hydrogens is 265 g/mol. The summed E-state index contributed by atoms with van der Waals surface area (Å²) in [6.45, 7) is 9.75. The van der Waals surface area contributed by atoms with Crippen LogP contribution in [-0.2, 0) is 9.53 Å². The maximum absolute atomic E-state index is 10.6. The van der Waals surface area contributed by atoms with Crippen molar-refractivity contribution >= 4 is 5.97 Å². The van der Waals surface area contributed by atoms with Crippen molar-refractivity contribution in [3.63, 3.8) is 0 Å². The minimum Gasteiger partial charge on any atom is -0.475 e. The van der Waals surface area contributed by atoms with Crippen LogP contribution < -0.4 is 5.32 Å². The molecule has 0 unspecified atom stereocenters. The van der Waals surface area contributed by atoms with Crippen LogP contribution in [0.2, 0.25) is 0 Å². The van der Waals surface area contributed by atoms with E-state index in [0.29, 0.717) is 0 Å². The Morgan fingerprint density at radius 2 is 1.95 bits per heavy atom. The third-order valence-electron chi connectivity index (χ3n) is 2.97. The summed E-state index contributed by atoms with van der Waals surface area (Å²) < 4.78 is 37.4. The maximum atomic E-state index is 10.6. The Kier molecular flexibility index (Phi) is 5.17. The van der Waals surface area contributed by atoms with E-state index in [1.807, 2.05) is 0 Å². The van der Waals surface area contributed by atoms with Crippen molar-refractivity contribution in [2.75, 3.05) is 32.8 Å². The van der Waals surface area contributed by atoms with Crippen molar-refractivity contribution in [3.05, 3.63) is 0 Å². The van der Waals surface area contributed by atoms with Crippen LogP contribution >= 0.6 is 0 Å². The quantitative estimate of drug-likeness (QED) is 0.742. The van der Waals surface area contributed by atoms with E-state index >= 15 is 0 Å². The number of carboxylic acids is 1. The first kappa shape index (κ1) is 16.2. The molecule has 2 heterocycles. The number of nitrogens with zero attached hydrogens (tertiary/aromatic N) is 1. The van der Waals surface area contributed by atoms with E-state index in [1.54, 1.807) is 0 Å². The number of carbonyl (C=O) groups is 1. The summed E-state index contributed by atoms with van der Waals surface area (Å²) in [5, 5.41) is 10.4. The van der Waals surface area contributed by atoms with Gasteiger partial charge >= 0.3 is 12.1 Å². The second kappa shape index (κ2) is 6.06. The molecule has 2 N–H and O–H groups in total. The van der Waals surface area contributed by atoms with E-state index < -0.39 is 12.1 Å². The van der Waals surface area contributed by atoms with Crippen molar-refractivity contribution in [3.8, 4) is 0 Å². The van der Waals surface area contributed by atoms with Gasteiger partial charge in [-0.2, -0.15) is 13.2 Å². The number of alkyl halides is 3. The van der Waals surface area contributed by atoms with Crippen LogP contribution in [0.3, 0.4) is 0 Å². The van der Waals surface area contributed by atoms with Gasteiger partial charge in [-0.15, -0.1) is 0 Å². The summed E-state index contributed by atoms with van der Waals surface area (Å²) in [6.07, 6.45) is -5.08. The molecule has 0 amide bonds. The standard InChI is InChI=1S/C9H18N2O.C2HF3O2/c1-9(2)7-11(3-4-12-9)8-5-10-6-8;3-2(4,5)1(6)7/h8,10H,3-7H2,1-2H3;(H,6,7). The molecule has 2 aliphatic heterocycles. The predicted molar refractivity (Wildman–Crippen MR) is 62.0 cm³/mol. The second-order valence-corrected chi connectivity index (χ2v) is 5.19. The molecule has 2 saturated heterocycles. The van der Waals surface area contributed by atoms with E-state index in [1.165, 1.54) is 0 Å². The molecule has 2 aliphatic rings. The molecule has 0 aromatic rings. The average Bonchev–Trinajstić information content (AvgIpc) is 2.12. The largest absolute Gasteiger partial charge is 0.490 e. The zero-order valence-electron chi connectivity index (χ0n) is 11.0. The van der Waals surface area contributed by atoms with Crippen molar-refractivity contribution in [1.29, 1.82) is 0 Å². The number of aliphatic carboxylic acids is 1. The van der Waals surface area contributed by atoms with Gasteiger partial charge in [0.1, 0.15) is 0 Å². The predicted octanol–water partition coefficient (Wildman–Crippen LogP) is 0.702. The summed E-state index contributed by atoms with van der Waals surface area (Å²) in [5.41, 5.74) is 0.0633. The van der Waals surface area contributed by atoms with E-state index in [2.05, 4.69) is 24.1 Å². The molecule has 0 spiro atoms. The third-order valence-corrected chi connectivity index (χ3v) is 2.97. The van der Waals surface area contributed by atoms with Crippen LogP contribution in [0.15, 0.2) is 0 Å². The Balaban J connectivity index is 0.000000224. The number of hydrogen-bond donors (Lipinski definition) is 2. The summed E-state index contributed by atoms with van der Waals surface area (Å²) in [5.74, 6) is -2.76. The fourth-order valence-electron chi connectivity index (χ4n) is 1.90. The number of carboxylic acid groups (broad SMARTS) is 1. The molecule has 0 aromatic carbocycles. The lowest BCUT2D eigenvalue weighted by Gasteiger charge is -2.45. The molecule has 2 rings (SSSR count). The average molecular weight is 284 g/mol. The van der Waals surface area contributed by atoms with E-state index in [4.69, 9.17) is 14.6 Å². The number of morpholine rings is 1. The Bertz CT molecular complexity index is 317. The van der Waals surface area contributed by atoms with Gasteiger partial charge in [-0.3, -0.25) is 4.90 Å². The highest BCUT2D eigenvalue weighted by Gasteiger charge is 2.38. The first-order valence-electron chi connectivity index (χ1n) is 6.01. The Morgan fingerprint density at radius 1 is 1.42 bits per heavy atom. The highest BCUT2D eigenvalue weighted by Crippen LogP contribution is 2.19. The fraction of sp³-hybridized carbons (Fsp3) is 0.909. The van der Waals surface area contributed by atoms with Crippen LogP contribution in [0.4, 0.5) is 13.2 Å². The lowest BCUT2D eigenvalue weighted by atomic mass is 10.0. The molecule has 2 fully saturated rings. The molecular formula is C11H19F3N2O3. The lowest BCUT2D eigenvalue weighted by molar-refractivity contribution is -0.192. The molecule has 0 atom stereocenters. The zero-order valence-corrected chi connectivity index (χ0v) is 11.0. The zero-order chi connectivity index (χ0) is 14.7. The minimum absolute atomic E-state index is 0.0633. The van der Waals surface area contributed by atoms with E-state index in [0.717, 1.165) is 38.8 Å². The third kappa shape index (κ3) is 5.33. The van der Waals surface area contributed by atoms with Crippen LogP contribution in [0.25, 0.3) is 0 Å². The molecule has 0 bridgehead atoms. The first-order valence-corrected chi connectivity index (χ1v) is 6.01. The summed E-state index contributed by atoms with van der Waals surface area (Å²) >= 11 is 0. The van der Waals surface area contributed by atoms with Gasteiger partial charge in [-0.25, -0.2) is 4.79 Å². The number of rotatable bonds is 1. The normalized spacial score (nSPS) is 24.1. The van der Waals surface area contributed by atoms with Crippen LogP contribution in [0, 0.1) is 0 Å². The van der Waals surface area contributed by atoms with Crippen LogP contribution in [0.5, 0.6) is 0 Å². The highest BCUT2D eigenvalue weighted by atomic mass is 19.4. The Morgan fingerprint density at radius 3 is 2.26 bits per heavy atom. The summed E-state index contributed by atoms with van der Waals surface area (Å²) in [4.78, 5) is 11.4. The summed E-state index contributed by atoms with van der Waals surface area (Å²) in [6, 6.07) is 0.771. The topological polar surface area (TPSA) is 61.8 Å². The molecule has 8 heteroatoms. The first-order chi connectivity index (χ1) is 8.62. The van der Waals surface area contributed by atoms with Crippen LogP contribution in [0.1, 0.15) is 13.8 Å². The SMILES string of the molecule is CC1(C)CN(C2CNC2)CCO1.O=C(O)C(F)(F)F. The number of nitrogens with one attached hydrogen (secondary N) is 1. The van der Waals surface area contributed by atoms with Gasteiger partial charge < -0.3 is 15.2 Å². The van der Waals surface area contributed by atoms with Crippen LogP contribution in [-0.4, -0.2) is 66.6 Å². The van der Waals surface area contributed by atoms with Crippen molar-refractivity contribution < 1.29 is 27.8 Å². The minimum atomic E-state index is -5.08. The van der Waals surface area contributed by atoms with Crippen molar-refractivity contribution in [2.45, 2.75) is 31.7 Å². The van der Waals surface area contributed by atoms with Crippen molar-refractivity contribution in [1.82, 2.24) is 10.2 Å². The summed E-state index contributed by atoms with van der Waals surface area (Å²) in [7, 11) is 0. The molecule has 19 heavy (non-hydrogen) atoms. The molecule has 112 valence electrons. The Hall–Kier alpha value is -0.860. The lowest BCUT2D eigenvalue weighted by Crippen LogP contribution is -2.62. The van der Waals surface area contributed by atoms with E-state index in [9.17, 15) is 13.2 Å². The number of hydrogen-bond acceptors (Lipinski definition) is 4. The number of ether oxygens (including phenoxy) is 1. The van der Waals surface area contributed by atoms with Crippen molar-refractivity contribution in [2.24, 2.45) is 0 Å². The van der Waals surface area contributed by atoms with Gasteiger partial charge in [-0.05, 0) is 13.8 Å². The van der Waals surface area contributed by atoms with Gasteiger partial charge in [0, 0.05) is 32.2 Å². The monoisotopic (exact) mass is 284 g/mol. The van der Waals surface area contributed by atoms with Gasteiger partial charge in [0.25, 0.3) is 0 Å². The fourth-order valence-corrected chi connectivity index (χ4v) is 1.90. The van der Waals surface area contributed by atoms with Gasteiger partial charge in [0.05, 0.1) is 12.2 Å². The second-order valence-electron chi connectivity index (χ2n) is 5.19. The number of halogens is 3. The molecule has 5 nitrogen and oxygen atoms in total. The Labute approximate surface area is 109 Å². The maximum Gasteiger partial charge on any atom is 0.490 e. The molecule has 0 radical (unpaired) electrons. The van der Waals surface area contributed by atoms with Gasteiger partial charge in [-0.1, -0.05) is 0 Å².